The van der Waals surface area contributed by atoms with E-state index in [2.05, 4.69) is 14.5 Å². The molecule has 0 saturated carbocycles. The summed E-state index contributed by atoms with van der Waals surface area (Å²) < 4.78 is 0. The zero-order chi connectivity index (χ0) is 20.6. The van der Waals surface area contributed by atoms with Crippen LogP contribution in [0.15, 0.2) is 30.3 Å². The first-order valence-corrected chi connectivity index (χ1v) is 7.30. The van der Waals surface area contributed by atoms with Crippen molar-refractivity contribution >= 4 is 5.78 Å². The second-order valence-corrected chi connectivity index (χ2v) is 5.21. The van der Waals surface area contributed by atoms with Gasteiger partial charge < -0.3 is 19.6 Å². The van der Waals surface area contributed by atoms with Gasteiger partial charge in [-0.1, -0.05) is 30.3 Å². The quantitative estimate of drug-likeness (QED) is 0.370. The number of hydrogen-bond donors (Lipinski definition) is 1. The Balaban J connectivity index is 3.23. The zero-order valence-corrected chi connectivity index (χ0v) is 13.8. The van der Waals surface area contributed by atoms with E-state index in [0.29, 0.717) is 5.56 Å². The number of Topliss-reactive ketones (excluding diaryl/α,β-unsaturated/α-hetero) is 1. The number of carbonyl (C=O) groups excluding carboxylic acids is 1. The Morgan fingerprint density at radius 3 is 1.89 bits per heavy atom. The first kappa shape index (κ1) is 21.5. The Morgan fingerprint density at radius 1 is 0.963 bits per heavy atom. The number of carbonyl (C=O) groups is 1. The van der Waals surface area contributed by atoms with E-state index >= 15 is 0 Å². The summed E-state index contributed by atoms with van der Waals surface area (Å²) in [6, 6.07) is 7.80. The maximum Gasteiger partial charge on any atom is 0.295 e. The van der Waals surface area contributed by atoms with E-state index in [0.717, 1.165) is 6.92 Å². The molecule has 1 aromatic rings. The molecule has 0 spiro atoms. The van der Waals surface area contributed by atoms with Crippen LogP contribution in [0.1, 0.15) is 12.5 Å². The van der Waals surface area contributed by atoms with Gasteiger partial charge in [-0.05, 0) is 12.5 Å². The third-order valence-electron chi connectivity index (χ3n) is 3.25. The molecule has 0 aliphatic heterocycles. The van der Waals surface area contributed by atoms with Gasteiger partial charge in [0.15, 0.2) is 24.1 Å². The standard InChI is InChI=1S/C13H15N3O11/c1-8(17)11(25-14(19)20)13(27-16(23)24)12(26-15(21)22)10(18)7-9-5-3-2-4-6-9/h2-6,8,11-13,17H,7H2,1H3/t8-,11+,12+,13+/m0/s1. The summed E-state index contributed by atoms with van der Waals surface area (Å²) in [4.78, 5) is 57.0. The van der Waals surface area contributed by atoms with Crippen molar-refractivity contribution in [2.45, 2.75) is 37.8 Å². The van der Waals surface area contributed by atoms with Gasteiger partial charge in [-0.2, -0.15) is 0 Å². The van der Waals surface area contributed by atoms with Crippen LogP contribution < -0.4 is 0 Å². The van der Waals surface area contributed by atoms with Crippen molar-refractivity contribution in [3.8, 4) is 0 Å². The van der Waals surface area contributed by atoms with Crippen LogP contribution in [0.2, 0.25) is 0 Å². The van der Waals surface area contributed by atoms with Crippen LogP contribution in [0.5, 0.6) is 0 Å². The number of rotatable bonds is 12. The maximum atomic E-state index is 12.4. The number of aliphatic hydroxyl groups excluding tert-OH is 1. The molecule has 14 nitrogen and oxygen atoms in total. The van der Waals surface area contributed by atoms with Crippen molar-refractivity contribution in [3.63, 3.8) is 0 Å². The van der Waals surface area contributed by atoms with E-state index in [9.17, 15) is 40.2 Å². The van der Waals surface area contributed by atoms with Crippen molar-refractivity contribution in [1.29, 1.82) is 0 Å². The molecule has 0 bridgehead atoms. The number of nitrogens with zero attached hydrogens (tertiary/aromatic N) is 3. The highest BCUT2D eigenvalue weighted by atomic mass is 17.0. The molecule has 1 N–H and O–H groups in total. The first-order chi connectivity index (χ1) is 12.6. The molecular formula is C13H15N3O11. The fourth-order valence-electron chi connectivity index (χ4n) is 2.20. The van der Waals surface area contributed by atoms with Crippen molar-refractivity contribution in [1.82, 2.24) is 0 Å². The van der Waals surface area contributed by atoms with Gasteiger partial charge in [-0.15, -0.1) is 30.3 Å². The van der Waals surface area contributed by atoms with Gasteiger partial charge in [0.25, 0.3) is 15.3 Å². The highest BCUT2D eigenvalue weighted by Crippen LogP contribution is 2.19. The molecule has 27 heavy (non-hydrogen) atoms. The number of aliphatic hydroxyl groups is 1. The Kier molecular flexibility index (Phi) is 7.81. The molecule has 14 heteroatoms. The molecule has 0 unspecified atom stereocenters. The van der Waals surface area contributed by atoms with E-state index in [-0.39, 0.29) is 0 Å². The zero-order valence-electron chi connectivity index (χ0n) is 13.8. The molecule has 4 atom stereocenters. The van der Waals surface area contributed by atoms with Crippen molar-refractivity contribution in [3.05, 3.63) is 66.2 Å². The van der Waals surface area contributed by atoms with E-state index in [1.807, 2.05) is 0 Å². The molecule has 0 aliphatic rings. The average Bonchev–Trinajstić information content (AvgIpc) is 2.56. The van der Waals surface area contributed by atoms with Crippen LogP contribution in [0, 0.1) is 30.3 Å². The Morgan fingerprint density at radius 2 is 1.44 bits per heavy atom. The summed E-state index contributed by atoms with van der Waals surface area (Å²) in [5.41, 5.74) is 0.392. The Hall–Kier alpha value is -3.55. The van der Waals surface area contributed by atoms with E-state index in [1.165, 1.54) is 12.1 Å². The van der Waals surface area contributed by atoms with E-state index in [1.54, 1.807) is 18.2 Å². The second-order valence-electron chi connectivity index (χ2n) is 5.21. The summed E-state index contributed by atoms with van der Waals surface area (Å²) in [5, 5.41) is 37.5. The van der Waals surface area contributed by atoms with Crippen LogP contribution in [-0.2, 0) is 25.7 Å². The predicted octanol–water partition coefficient (Wildman–Crippen LogP) is -0.0903. The predicted molar refractivity (Wildman–Crippen MR) is 82.4 cm³/mol. The van der Waals surface area contributed by atoms with Gasteiger partial charge >= 0.3 is 0 Å². The average molecular weight is 389 g/mol. The van der Waals surface area contributed by atoms with Gasteiger partial charge in [0.05, 0.1) is 6.10 Å². The van der Waals surface area contributed by atoms with Crippen LogP contribution in [0.4, 0.5) is 0 Å². The highest BCUT2D eigenvalue weighted by Gasteiger charge is 2.44. The van der Waals surface area contributed by atoms with Gasteiger partial charge in [-0.25, -0.2) is 0 Å². The molecular weight excluding hydrogens is 374 g/mol. The van der Waals surface area contributed by atoms with Crippen molar-refractivity contribution < 1.29 is 39.7 Å². The number of hydrogen-bond acceptors (Lipinski definition) is 11. The molecule has 0 fully saturated rings. The summed E-state index contributed by atoms with van der Waals surface area (Å²) in [6.07, 6.45) is -8.91. The topological polar surface area (TPSA) is 194 Å². The molecule has 0 aliphatic carbocycles. The minimum atomic E-state index is -2.29. The molecule has 1 aromatic carbocycles. The Labute approximate surface area is 150 Å². The molecule has 0 aromatic heterocycles. The smallest absolute Gasteiger partial charge is 0.295 e. The fraction of sp³-hybridized carbons (Fsp3) is 0.462. The third kappa shape index (κ3) is 7.07. The summed E-state index contributed by atoms with van der Waals surface area (Å²) >= 11 is 0. The monoisotopic (exact) mass is 389 g/mol. The lowest BCUT2D eigenvalue weighted by Crippen LogP contribution is -2.53. The molecule has 148 valence electrons. The lowest BCUT2D eigenvalue weighted by atomic mass is 9.97. The summed E-state index contributed by atoms with van der Waals surface area (Å²) in [7, 11) is 0. The molecule has 1 rings (SSSR count). The van der Waals surface area contributed by atoms with E-state index in [4.69, 9.17) is 0 Å². The van der Waals surface area contributed by atoms with Crippen molar-refractivity contribution in [2.75, 3.05) is 0 Å². The summed E-state index contributed by atoms with van der Waals surface area (Å²) in [6.45, 7) is 0.954. The van der Waals surface area contributed by atoms with Crippen LogP contribution in [-0.4, -0.2) is 50.6 Å². The third-order valence-corrected chi connectivity index (χ3v) is 3.25. The SMILES string of the molecule is C[C@H](O)[C@@H](O[N+](=O)[O-])[C@@H](O[N+](=O)[O-])[C@H](O[N+](=O)[O-])C(=O)Cc1ccccc1. The maximum absolute atomic E-state index is 12.4. The van der Waals surface area contributed by atoms with E-state index < -0.39 is 51.9 Å². The minimum Gasteiger partial charge on any atom is -0.391 e. The minimum absolute atomic E-state index is 0.392. The first-order valence-electron chi connectivity index (χ1n) is 7.30. The second kappa shape index (κ2) is 9.81. The molecule has 0 saturated heterocycles. The van der Waals surface area contributed by atoms with Gasteiger partial charge in [-0.3, -0.25) is 4.79 Å². The lowest BCUT2D eigenvalue weighted by Gasteiger charge is -2.29. The van der Waals surface area contributed by atoms with Crippen molar-refractivity contribution in [2.24, 2.45) is 0 Å². The Bertz CT molecular complexity index is 681. The van der Waals surface area contributed by atoms with Crippen LogP contribution >= 0.6 is 0 Å². The fourth-order valence-corrected chi connectivity index (χ4v) is 2.20. The van der Waals surface area contributed by atoms with Gasteiger partial charge in [0.1, 0.15) is 0 Å². The van der Waals surface area contributed by atoms with Gasteiger partial charge in [0.2, 0.25) is 0 Å². The van der Waals surface area contributed by atoms with Crippen LogP contribution in [0.25, 0.3) is 0 Å². The normalized spacial score (nSPS) is 14.9. The number of benzene rings is 1. The summed E-state index contributed by atoms with van der Waals surface area (Å²) in [5.74, 6) is -1.05. The number of ketones is 1. The largest absolute Gasteiger partial charge is 0.391 e. The highest BCUT2D eigenvalue weighted by molar-refractivity contribution is 5.85. The molecule has 0 amide bonds. The van der Waals surface area contributed by atoms with Crippen LogP contribution in [0.3, 0.4) is 0 Å². The van der Waals surface area contributed by atoms with Gasteiger partial charge in [0, 0.05) is 6.42 Å². The lowest BCUT2D eigenvalue weighted by molar-refractivity contribution is -0.815. The molecule has 0 heterocycles. The molecule has 0 radical (unpaired) electrons.